The van der Waals surface area contributed by atoms with Crippen molar-refractivity contribution in [1.29, 1.82) is 0 Å². The first-order valence-electron chi connectivity index (χ1n) is 6.65. The third-order valence-electron chi connectivity index (χ3n) is 3.54. The van der Waals surface area contributed by atoms with Crippen molar-refractivity contribution in [2.24, 2.45) is 7.05 Å². The highest BCUT2D eigenvalue weighted by molar-refractivity contribution is 5.97. The van der Waals surface area contributed by atoms with Crippen molar-refractivity contribution in [3.63, 3.8) is 0 Å². The minimum Gasteiger partial charge on any atom is -0.331 e. The number of imidazole rings is 1. The number of rotatable bonds is 3. The van der Waals surface area contributed by atoms with Crippen LogP contribution < -0.4 is 0 Å². The maximum atomic E-state index is 12.3. The minimum absolute atomic E-state index is 0.104. The number of hydrogen-bond donors (Lipinski definition) is 0. The Labute approximate surface area is 117 Å². The number of benzene rings is 2. The van der Waals surface area contributed by atoms with E-state index in [1.807, 2.05) is 67.1 Å². The van der Waals surface area contributed by atoms with Gasteiger partial charge in [-0.25, -0.2) is 4.98 Å². The Morgan fingerprint density at radius 3 is 2.70 bits per heavy atom. The van der Waals surface area contributed by atoms with E-state index in [0.29, 0.717) is 6.42 Å². The van der Waals surface area contributed by atoms with E-state index in [0.717, 1.165) is 28.0 Å². The van der Waals surface area contributed by atoms with E-state index < -0.39 is 0 Å². The van der Waals surface area contributed by atoms with Crippen molar-refractivity contribution in [3.8, 4) is 0 Å². The Hall–Kier alpha value is -2.42. The SMILES string of the molecule is Cc1cccc(C(=O)Cc2nc3ccccc3n2C)c1. The van der Waals surface area contributed by atoms with E-state index in [2.05, 4.69) is 4.98 Å². The molecule has 0 spiro atoms. The molecule has 0 N–H and O–H groups in total. The first-order chi connectivity index (χ1) is 9.65. The normalized spacial score (nSPS) is 10.9. The lowest BCUT2D eigenvalue weighted by Crippen LogP contribution is -2.08. The summed E-state index contributed by atoms with van der Waals surface area (Å²) < 4.78 is 1.99. The van der Waals surface area contributed by atoms with Gasteiger partial charge in [0.2, 0.25) is 0 Å². The summed E-state index contributed by atoms with van der Waals surface area (Å²) in [5, 5.41) is 0. The van der Waals surface area contributed by atoms with Gasteiger partial charge >= 0.3 is 0 Å². The molecule has 0 amide bonds. The van der Waals surface area contributed by atoms with Crippen LogP contribution in [0.2, 0.25) is 0 Å². The van der Waals surface area contributed by atoms with Crippen molar-refractivity contribution in [1.82, 2.24) is 9.55 Å². The Kier molecular flexibility index (Phi) is 3.11. The first kappa shape index (κ1) is 12.6. The van der Waals surface area contributed by atoms with Crippen LogP contribution in [0.25, 0.3) is 11.0 Å². The number of para-hydroxylation sites is 2. The minimum atomic E-state index is 0.104. The fraction of sp³-hybridized carbons (Fsp3) is 0.176. The number of aromatic nitrogens is 2. The molecular formula is C17H16N2O. The van der Waals surface area contributed by atoms with Gasteiger partial charge in [-0.2, -0.15) is 0 Å². The van der Waals surface area contributed by atoms with Crippen molar-refractivity contribution in [3.05, 3.63) is 65.5 Å². The predicted octanol–water partition coefficient (Wildman–Crippen LogP) is 3.31. The summed E-state index contributed by atoms with van der Waals surface area (Å²) in [5.41, 5.74) is 3.83. The van der Waals surface area contributed by atoms with E-state index in [4.69, 9.17) is 0 Å². The summed E-state index contributed by atoms with van der Waals surface area (Å²) in [6.45, 7) is 1.99. The standard InChI is InChI=1S/C17H16N2O/c1-12-6-5-7-13(10-12)16(20)11-17-18-14-8-3-4-9-15(14)19(17)2/h3-10H,11H2,1-2H3. The van der Waals surface area contributed by atoms with Crippen LogP contribution in [-0.2, 0) is 13.5 Å². The number of Topliss-reactive ketones (excluding diaryl/α,β-unsaturated/α-hetero) is 1. The number of carbonyl (C=O) groups is 1. The Morgan fingerprint density at radius 2 is 1.95 bits per heavy atom. The molecule has 0 bridgehead atoms. The summed E-state index contributed by atoms with van der Waals surface area (Å²) in [4.78, 5) is 16.9. The fourth-order valence-corrected chi connectivity index (χ4v) is 2.42. The second-order valence-corrected chi connectivity index (χ2v) is 5.05. The zero-order chi connectivity index (χ0) is 14.1. The summed E-state index contributed by atoms with van der Waals surface area (Å²) in [6, 6.07) is 15.6. The summed E-state index contributed by atoms with van der Waals surface area (Å²) in [7, 11) is 1.95. The molecule has 0 aliphatic rings. The third kappa shape index (κ3) is 2.23. The lowest BCUT2D eigenvalue weighted by molar-refractivity contribution is 0.0990. The number of carbonyl (C=O) groups excluding carboxylic acids is 1. The molecule has 1 heterocycles. The van der Waals surface area contributed by atoms with Gasteiger partial charge in [0.1, 0.15) is 5.82 Å². The average molecular weight is 264 g/mol. The highest BCUT2D eigenvalue weighted by Gasteiger charge is 2.13. The van der Waals surface area contributed by atoms with E-state index >= 15 is 0 Å². The Balaban J connectivity index is 1.93. The van der Waals surface area contributed by atoms with Gasteiger partial charge in [0.05, 0.1) is 17.5 Å². The van der Waals surface area contributed by atoms with Gasteiger partial charge in [0, 0.05) is 12.6 Å². The molecule has 0 aliphatic carbocycles. The molecule has 3 rings (SSSR count). The number of nitrogens with zero attached hydrogens (tertiary/aromatic N) is 2. The zero-order valence-corrected chi connectivity index (χ0v) is 11.6. The number of ketones is 1. The first-order valence-corrected chi connectivity index (χ1v) is 6.65. The van der Waals surface area contributed by atoms with Crippen LogP contribution in [0.3, 0.4) is 0 Å². The Morgan fingerprint density at radius 1 is 1.15 bits per heavy atom. The maximum Gasteiger partial charge on any atom is 0.170 e. The van der Waals surface area contributed by atoms with Crippen molar-refractivity contribution < 1.29 is 4.79 Å². The van der Waals surface area contributed by atoms with Crippen LogP contribution in [0.5, 0.6) is 0 Å². The molecule has 0 aliphatic heterocycles. The van der Waals surface area contributed by atoms with Crippen molar-refractivity contribution in [2.75, 3.05) is 0 Å². The summed E-state index contributed by atoms with van der Waals surface area (Å²) in [5.74, 6) is 0.907. The van der Waals surface area contributed by atoms with E-state index in [-0.39, 0.29) is 5.78 Å². The van der Waals surface area contributed by atoms with Gasteiger partial charge in [-0.15, -0.1) is 0 Å². The van der Waals surface area contributed by atoms with E-state index in [9.17, 15) is 4.79 Å². The topological polar surface area (TPSA) is 34.9 Å². The molecule has 2 aromatic carbocycles. The van der Waals surface area contributed by atoms with Crippen molar-refractivity contribution >= 4 is 16.8 Å². The molecule has 3 nitrogen and oxygen atoms in total. The molecule has 3 heteroatoms. The zero-order valence-electron chi connectivity index (χ0n) is 11.6. The molecule has 3 aromatic rings. The molecule has 0 saturated heterocycles. The predicted molar refractivity (Wildman–Crippen MR) is 79.9 cm³/mol. The highest BCUT2D eigenvalue weighted by Crippen LogP contribution is 2.16. The Bertz CT molecular complexity index is 787. The lowest BCUT2D eigenvalue weighted by Gasteiger charge is -2.03. The molecule has 100 valence electrons. The fourth-order valence-electron chi connectivity index (χ4n) is 2.42. The summed E-state index contributed by atoms with van der Waals surface area (Å²) >= 11 is 0. The molecule has 0 radical (unpaired) electrons. The molecule has 1 aromatic heterocycles. The summed E-state index contributed by atoms with van der Waals surface area (Å²) in [6.07, 6.45) is 0.328. The van der Waals surface area contributed by atoms with Crippen LogP contribution in [0.1, 0.15) is 21.7 Å². The molecule has 0 unspecified atom stereocenters. The van der Waals surface area contributed by atoms with E-state index in [1.54, 1.807) is 0 Å². The number of hydrogen-bond acceptors (Lipinski definition) is 2. The molecule has 0 saturated carbocycles. The van der Waals surface area contributed by atoms with Crippen LogP contribution in [-0.4, -0.2) is 15.3 Å². The van der Waals surface area contributed by atoms with Gasteiger partial charge in [-0.3, -0.25) is 4.79 Å². The average Bonchev–Trinajstić information content (AvgIpc) is 2.76. The second-order valence-electron chi connectivity index (χ2n) is 5.05. The molecular weight excluding hydrogens is 248 g/mol. The van der Waals surface area contributed by atoms with Crippen LogP contribution in [0.4, 0.5) is 0 Å². The van der Waals surface area contributed by atoms with Crippen LogP contribution >= 0.6 is 0 Å². The van der Waals surface area contributed by atoms with Gasteiger partial charge in [-0.1, -0.05) is 35.9 Å². The largest absolute Gasteiger partial charge is 0.331 e. The monoisotopic (exact) mass is 264 g/mol. The van der Waals surface area contributed by atoms with Gasteiger partial charge in [0.25, 0.3) is 0 Å². The molecule has 20 heavy (non-hydrogen) atoms. The lowest BCUT2D eigenvalue weighted by atomic mass is 10.1. The smallest absolute Gasteiger partial charge is 0.170 e. The number of aryl methyl sites for hydroxylation is 2. The quantitative estimate of drug-likeness (QED) is 0.680. The molecule has 0 atom stereocenters. The molecule has 0 fully saturated rings. The number of fused-ring (bicyclic) bond motifs is 1. The van der Waals surface area contributed by atoms with Gasteiger partial charge in [-0.05, 0) is 25.1 Å². The van der Waals surface area contributed by atoms with Gasteiger partial charge < -0.3 is 4.57 Å². The maximum absolute atomic E-state index is 12.3. The van der Waals surface area contributed by atoms with E-state index in [1.165, 1.54) is 0 Å². The second kappa shape index (κ2) is 4.93. The van der Waals surface area contributed by atoms with Crippen LogP contribution in [0, 0.1) is 6.92 Å². The van der Waals surface area contributed by atoms with Crippen LogP contribution in [0.15, 0.2) is 48.5 Å². The van der Waals surface area contributed by atoms with Gasteiger partial charge in [0.15, 0.2) is 5.78 Å². The third-order valence-corrected chi connectivity index (χ3v) is 3.54. The highest BCUT2D eigenvalue weighted by atomic mass is 16.1. The van der Waals surface area contributed by atoms with Crippen molar-refractivity contribution in [2.45, 2.75) is 13.3 Å².